The molecule has 0 aliphatic carbocycles. The lowest BCUT2D eigenvalue weighted by molar-refractivity contribution is 0.447. The first-order valence-corrected chi connectivity index (χ1v) is 14.1. The molecule has 1 atom stereocenters. The van der Waals surface area contributed by atoms with Crippen LogP contribution in [0.4, 0.5) is 0 Å². The van der Waals surface area contributed by atoms with Crippen LogP contribution in [0.2, 0.25) is 0 Å². The van der Waals surface area contributed by atoms with E-state index in [9.17, 15) is 5.11 Å². The minimum absolute atomic E-state index is 0.170. The van der Waals surface area contributed by atoms with Crippen molar-refractivity contribution in [2.75, 3.05) is 0 Å². The summed E-state index contributed by atoms with van der Waals surface area (Å²) in [5.74, 6) is 1.88. The maximum Gasteiger partial charge on any atom is 0.275 e. The lowest BCUT2D eigenvalue weighted by Crippen LogP contribution is -2.15. The van der Waals surface area contributed by atoms with Crippen LogP contribution in [0.3, 0.4) is 0 Å². The van der Waals surface area contributed by atoms with E-state index >= 15 is 0 Å². The molecule has 0 aliphatic heterocycles. The van der Waals surface area contributed by atoms with Gasteiger partial charge in [0.05, 0.1) is 0 Å². The highest BCUT2D eigenvalue weighted by atomic mass is 31.1. The molecule has 1 N–H and O–H groups in total. The SMILES string of the molecule is Cc1cc(C(C)(C)C)c(O)c(-c2c(C)c(C)cc(C(C)(C)C)c2OPOc2ccc3ccccc3c2)c1C. The van der Waals surface area contributed by atoms with Gasteiger partial charge in [0.1, 0.15) is 17.2 Å². The molecule has 0 amide bonds. The summed E-state index contributed by atoms with van der Waals surface area (Å²) in [6, 6.07) is 18.7. The van der Waals surface area contributed by atoms with E-state index in [0.717, 1.165) is 55.8 Å². The number of aromatic hydroxyl groups is 1. The Morgan fingerprint density at radius 2 is 1.18 bits per heavy atom. The maximum absolute atomic E-state index is 11.7. The summed E-state index contributed by atoms with van der Waals surface area (Å²) in [5, 5.41) is 14.0. The molecule has 4 rings (SSSR count). The predicted octanol–water partition coefficient (Wildman–Crippen LogP) is 10.0. The number of hydrogen-bond acceptors (Lipinski definition) is 3. The molecule has 0 spiro atoms. The average Bonchev–Trinajstić information content (AvgIpc) is 2.83. The zero-order chi connectivity index (χ0) is 28.0. The molecule has 0 aromatic heterocycles. The van der Waals surface area contributed by atoms with Gasteiger partial charge in [-0.25, -0.2) is 0 Å². The summed E-state index contributed by atoms with van der Waals surface area (Å²) in [7, 11) is -0.236. The van der Waals surface area contributed by atoms with Crippen molar-refractivity contribution in [2.45, 2.75) is 80.1 Å². The van der Waals surface area contributed by atoms with Gasteiger partial charge >= 0.3 is 0 Å². The third-order valence-corrected chi connectivity index (χ3v) is 8.12. The van der Waals surface area contributed by atoms with Gasteiger partial charge in [-0.1, -0.05) is 84.0 Å². The summed E-state index contributed by atoms with van der Waals surface area (Å²) in [4.78, 5) is 0. The highest BCUT2D eigenvalue weighted by Crippen LogP contribution is 2.51. The van der Waals surface area contributed by atoms with Gasteiger partial charge in [-0.3, -0.25) is 0 Å². The zero-order valence-electron chi connectivity index (χ0n) is 24.5. The zero-order valence-corrected chi connectivity index (χ0v) is 25.5. The Balaban J connectivity index is 1.86. The second-order valence-corrected chi connectivity index (χ2v) is 13.0. The highest BCUT2D eigenvalue weighted by Gasteiger charge is 2.30. The molecule has 0 bridgehead atoms. The fourth-order valence-electron chi connectivity index (χ4n) is 4.98. The van der Waals surface area contributed by atoms with E-state index in [1.807, 2.05) is 24.3 Å². The van der Waals surface area contributed by atoms with Crippen molar-refractivity contribution >= 4 is 19.8 Å². The van der Waals surface area contributed by atoms with Crippen LogP contribution in [0.15, 0.2) is 54.6 Å². The molecule has 0 fully saturated rings. The Labute approximate surface area is 230 Å². The second-order valence-electron chi connectivity index (χ2n) is 12.5. The Kier molecular flexibility index (Phi) is 7.56. The number of aryl methyl sites for hydroxylation is 2. The standard InChI is InChI=1S/C34H41O3P/c1-20-17-27(33(5,6)7)31(35)29(22(20)3)30-23(4)21(2)18-28(34(8,9)10)32(30)37-38-36-26-16-15-24-13-11-12-14-25(24)19-26/h11-19,35,38H,1-10H3. The van der Waals surface area contributed by atoms with E-state index in [4.69, 9.17) is 9.05 Å². The smallest absolute Gasteiger partial charge is 0.275 e. The summed E-state index contributed by atoms with van der Waals surface area (Å²) in [6.45, 7) is 21.5. The van der Waals surface area contributed by atoms with Gasteiger partial charge in [0, 0.05) is 22.3 Å². The molecule has 4 heteroatoms. The largest absolute Gasteiger partial charge is 0.507 e. The highest BCUT2D eigenvalue weighted by molar-refractivity contribution is 7.27. The van der Waals surface area contributed by atoms with Crippen LogP contribution >= 0.6 is 9.03 Å². The first kappa shape index (κ1) is 28.0. The molecule has 0 saturated heterocycles. The number of hydrogen-bond donors (Lipinski definition) is 1. The molecule has 0 heterocycles. The predicted molar refractivity (Wildman–Crippen MR) is 163 cm³/mol. The van der Waals surface area contributed by atoms with E-state index in [-0.39, 0.29) is 19.9 Å². The van der Waals surface area contributed by atoms with Crippen LogP contribution < -0.4 is 9.05 Å². The third kappa shape index (κ3) is 5.40. The molecule has 200 valence electrons. The van der Waals surface area contributed by atoms with Gasteiger partial charge in [-0.05, 0) is 83.7 Å². The van der Waals surface area contributed by atoms with Crippen molar-refractivity contribution in [3.05, 3.63) is 88.0 Å². The number of phenolic OH excluding ortho intramolecular Hbond substituents is 1. The quantitative estimate of drug-likeness (QED) is 0.262. The molecule has 0 saturated carbocycles. The van der Waals surface area contributed by atoms with E-state index < -0.39 is 0 Å². The van der Waals surface area contributed by atoms with Crippen LogP contribution in [-0.2, 0) is 10.8 Å². The van der Waals surface area contributed by atoms with Crippen LogP contribution in [0.5, 0.6) is 17.2 Å². The fourth-order valence-corrected chi connectivity index (χ4v) is 5.54. The Hall–Kier alpha value is -3.03. The Morgan fingerprint density at radius 3 is 1.79 bits per heavy atom. The summed E-state index contributed by atoms with van der Waals surface area (Å²) in [6.07, 6.45) is 0. The van der Waals surface area contributed by atoms with Gasteiger partial charge in [-0.15, -0.1) is 0 Å². The van der Waals surface area contributed by atoms with Crippen molar-refractivity contribution in [1.29, 1.82) is 0 Å². The molecular formula is C34H41O3P. The summed E-state index contributed by atoms with van der Waals surface area (Å²) >= 11 is 0. The normalized spacial score (nSPS) is 12.5. The molecule has 0 aliphatic rings. The average molecular weight is 529 g/mol. The Morgan fingerprint density at radius 1 is 0.632 bits per heavy atom. The molecule has 3 nitrogen and oxygen atoms in total. The molecule has 4 aromatic carbocycles. The second kappa shape index (κ2) is 10.3. The van der Waals surface area contributed by atoms with E-state index in [0.29, 0.717) is 5.75 Å². The molecular weight excluding hydrogens is 487 g/mol. The van der Waals surface area contributed by atoms with Crippen molar-refractivity contribution in [2.24, 2.45) is 0 Å². The van der Waals surface area contributed by atoms with E-state index in [1.165, 1.54) is 10.9 Å². The maximum atomic E-state index is 11.7. The summed E-state index contributed by atoms with van der Waals surface area (Å²) < 4.78 is 12.7. The van der Waals surface area contributed by atoms with E-state index in [1.54, 1.807) is 0 Å². The molecule has 0 radical (unpaired) electrons. The monoisotopic (exact) mass is 528 g/mol. The first-order valence-electron chi connectivity index (χ1n) is 13.3. The van der Waals surface area contributed by atoms with Crippen LogP contribution in [0.25, 0.3) is 21.9 Å². The topological polar surface area (TPSA) is 38.7 Å². The molecule has 4 aromatic rings. The van der Waals surface area contributed by atoms with Crippen LogP contribution in [0, 0.1) is 27.7 Å². The summed E-state index contributed by atoms with van der Waals surface area (Å²) in [5.41, 5.74) is 7.97. The van der Waals surface area contributed by atoms with Crippen molar-refractivity contribution < 1.29 is 14.2 Å². The number of phenols is 1. The Bertz CT molecular complexity index is 1500. The number of fused-ring (bicyclic) bond motifs is 1. The first-order chi connectivity index (χ1) is 17.7. The van der Waals surface area contributed by atoms with Gasteiger partial charge in [0.2, 0.25) is 0 Å². The third-order valence-electron chi connectivity index (χ3n) is 7.51. The number of rotatable bonds is 5. The fraction of sp³-hybridized carbons (Fsp3) is 0.353. The van der Waals surface area contributed by atoms with Crippen molar-refractivity contribution in [3.8, 4) is 28.4 Å². The molecule has 38 heavy (non-hydrogen) atoms. The molecule has 1 unspecified atom stereocenters. The lowest BCUT2D eigenvalue weighted by atomic mass is 9.78. The lowest BCUT2D eigenvalue weighted by Gasteiger charge is -2.30. The minimum Gasteiger partial charge on any atom is -0.507 e. The van der Waals surface area contributed by atoms with E-state index in [2.05, 4.69) is 99.6 Å². The van der Waals surface area contributed by atoms with Gasteiger partial charge < -0.3 is 14.2 Å². The van der Waals surface area contributed by atoms with Gasteiger partial charge in [-0.2, -0.15) is 0 Å². The van der Waals surface area contributed by atoms with Crippen molar-refractivity contribution in [3.63, 3.8) is 0 Å². The van der Waals surface area contributed by atoms with Crippen LogP contribution in [-0.4, -0.2) is 5.11 Å². The van der Waals surface area contributed by atoms with Crippen molar-refractivity contribution in [1.82, 2.24) is 0 Å². The minimum atomic E-state index is -0.236. The van der Waals surface area contributed by atoms with Crippen LogP contribution in [0.1, 0.15) is 74.9 Å². The van der Waals surface area contributed by atoms with Gasteiger partial charge in [0.25, 0.3) is 9.03 Å². The number of benzene rings is 4. The van der Waals surface area contributed by atoms with Gasteiger partial charge in [0.15, 0.2) is 0 Å².